The summed E-state index contributed by atoms with van der Waals surface area (Å²) in [4.78, 5) is 25.3. The first kappa shape index (κ1) is 20.7. The zero-order valence-corrected chi connectivity index (χ0v) is 18.4. The third-order valence-corrected chi connectivity index (χ3v) is 6.21. The van der Waals surface area contributed by atoms with Crippen LogP contribution in [0.5, 0.6) is 0 Å². The van der Waals surface area contributed by atoms with Crippen molar-refractivity contribution in [3.05, 3.63) is 107 Å². The van der Waals surface area contributed by atoms with E-state index in [1.165, 1.54) is 25.3 Å². The van der Waals surface area contributed by atoms with Crippen LogP contribution in [0.1, 0.15) is 31.8 Å². The summed E-state index contributed by atoms with van der Waals surface area (Å²) >= 11 is 0. The number of rotatable bonds is 4. The maximum atomic E-state index is 12.7. The number of carbonyl (C=O) groups excluding carboxylic acids is 2. The lowest BCUT2D eigenvalue weighted by atomic mass is 9.84. The molecule has 33 heavy (non-hydrogen) atoms. The van der Waals surface area contributed by atoms with E-state index in [4.69, 9.17) is 9.47 Å². The van der Waals surface area contributed by atoms with Crippen LogP contribution in [0.2, 0.25) is 0 Å². The Bertz CT molecular complexity index is 1400. The smallest absolute Gasteiger partial charge is 0.338 e. The topological polar surface area (TPSA) is 52.6 Å². The number of hydrogen-bond acceptors (Lipinski definition) is 4. The molecule has 1 aliphatic rings. The third-order valence-electron chi connectivity index (χ3n) is 6.21. The SMILES string of the molecule is COC(=O)c1ccccc1-c1ccc2c(c1-c1ccccc1C(=O)OC)Cc1ccccc1-2. The second-order valence-electron chi connectivity index (χ2n) is 7.92. The fourth-order valence-corrected chi connectivity index (χ4v) is 4.74. The van der Waals surface area contributed by atoms with Gasteiger partial charge in [0.2, 0.25) is 0 Å². The molecule has 0 bridgehead atoms. The second kappa shape index (κ2) is 8.40. The fraction of sp³-hybridized carbons (Fsp3) is 0.103. The first-order valence-corrected chi connectivity index (χ1v) is 10.7. The van der Waals surface area contributed by atoms with Gasteiger partial charge in [0.05, 0.1) is 25.3 Å². The molecule has 0 aliphatic heterocycles. The van der Waals surface area contributed by atoms with Gasteiger partial charge >= 0.3 is 11.9 Å². The Morgan fingerprint density at radius 3 is 1.76 bits per heavy atom. The first-order valence-electron chi connectivity index (χ1n) is 10.7. The van der Waals surface area contributed by atoms with Crippen molar-refractivity contribution in [3.63, 3.8) is 0 Å². The van der Waals surface area contributed by atoms with E-state index in [0.717, 1.165) is 39.8 Å². The highest BCUT2D eigenvalue weighted by Gasteiger charge is 2.27. The highest BCUT2D eigenvalue weighted by Crippen LogP contribution is 2.47. The predicted octanol–water partition coefficient (Wildman–Crippen LogP) is 6.17. The highest BCUT2D eigenvalue weighted by molar-refractivity contribution is 6.05. The van der Waals surface area contributed by atoms with Crippen molar-refractivity contribution in [2.24, 2.45) is 0 Å². The molecule has 0 radical (unpaired) electrons. The molecule has 1 aliphatic carbocycles. The van der Waals surface area contributed by atoms with E-state index in [0.29, 0.717) is 11.1 Å². The van der Waals surface area contributed by atoms with Crippen LogP contribution in [-0.4, -0.2) is 26.2 Å². The molecule has 4 aromatic rings. The summed E-state index contributed by atoms with van der Waals surface area (Å²) in [5.74, 6) is -0.799. The monoisotopic (exact) mass is 434 g/mol. The summed E-state index contributed by atoms with van der Waals surface area (Å²) in [7, 11) is 2.77. The summed E-state index contributed by atoms with van der Waals surface area (Å²) in [6.45, 7) is 0. The Balaban J connectivity index is 1.86. The van der Waals surface area contributed by atoms with Gasteiger partial charge in [0.25, 0.3) is 0 Å². The van der Waals surface area contributed by atoms with Gasteiger partial charge in [-0.3, -0.25) is 0 Å². The molecule has 0 heterocycles. The average Bonchev–Trinajstić information content (AvgIpc) is 3.26. The highest BCUT2D eigenvalue weighted by atomic mass is 16.5. The van der Waals surface area contributed by atoms with E-state index < -0.39 is 11.9 Å². The maximum Gasteiger partial charge on any atom is 0.338 e. The minimum atomic E-state index is -0.401. The van der Waals surface area contributed by atoms with Gasteiger partial charge in [0, 0.05) is 0 Å². The van der Waals surface area contributed by atoms with E-state index in [-0.39, 0.29) is 0 Å². The molecule has 0 aromatic heterocycles. The number of fused-ring (bicyclic) bond motifs is 3. The largest absolute Gasteiger partial charge is 0.465 e. The van der Waals surface area contributed by atoms with Gasteiger partial charge in [-0.05, 0) is 63.1 Å². The quantitative estimate of drug-likeness (QED) is 0.318. The van der Waals surface area contributed by atoms with Gasteiger partial charge in [-0.2, -0.15) is 0 Å². The van der Waals surface area contributed by atoms with Crippen molar-refractivity contribution in [2.75, 3.05) is 14.2 Å². The summed E-state index contributed by atoms with van der Waals surface area (Å²) < 4.78 is 10.1. The molecular formula is C29H22O4. The fourth-order valence-electron chi connectivity index (χ4n) is 4.74. The number of methoxy groups -OCH3 is 2. The normalized spacial score (nSPS) is 11.5. The van der Waals surface area contributed by atoms with Crippen molar-refractivity contribution in [3.8, 4) is 33.4 Å². The number of benzene rings is 4. The van der Waals surface area contributed by atoms with Crippen LogP contribution in [-0.2, 0) is 15.9 Å². The van der Waals surface area contributed by atoms with Gasteiger partial charge in [0.15, 0.2) is 0 Å². The predicted molar refractivity (Wildman–Crippen MR) is 128 cm³/mol. The van der Waals surface area contributed by atoms with Crippen LogP contribution in [0.15, 0.2) is 84.9 Å². The molecule has 4 nitrogen and oxygen atoms in total. The van der Waals surface area contributed by atoms with Crippen molar-refractivity contribution in [1.29, 1.82) is 0 Å². The van der Waals surface area contributed by atoms with Gasteiger partial charge in [0.1, 0.15) is 0 Å². The Morgan fingerprint density at radius 2 is 1.09 bits per heavy atom. The van der Waals surface area contributed by atoms with Gasteiger partial charge < -0.3 is 9.47 Å². The van der Waals surface area contributed by atoms with E-state index in [2.05, 4.69) is 18.2 Å². The molecule has 5 rings (SSSR count). The van der Waals surface area contributed by atoms with E-state index in [9.17, 15) is 9.59 Å². The lowest BCUT2D eigenvalue weighted by molar-refractivity contribution is 0.0592. The molecule has 0 amide bonds. The first-order chi connectivity index (χ1) is 16.1. The van der Waals surface area contributed by atoms with Gasteiger partial charge in [-0.15, -0.1) is 0 Å². The Hall–Kier alpha value is -4.18. The molecule has 0 atom stereocenters. The number of carbonyl (C=O) groups is 2. The van der Waals surface area contributed by atoms with Crippen LogP contribution in [0.4, 0.5) is 0 Å². The van der Waals surface area contributed by atoms with Crippen molar-refractivity contribution < 1.29 is 19.1 Å². The van der Waals surface area contributed by atoms with E-state index >= 15 is 0 Å². The van der Waals surface area contributed by atoms with Crippen molar-refractivity contribution in [1.82, 2.24) is 0 Å². The van der Waals surface area contributed by atoms with Crippen LogP contribution in [0, 0.1) is 0 Å². The number of hydrogen-bond donors (Lipinski definition) is 0. The van der Waals surface area contributed by atoms with E-state index in [1.54, 1.807) is 12.1 Å². The average molecular weight is 434 g/mol. The van der Waals surface area contributed by atoms with Crippen molar-refractivity contribution in [2.45, 2.75) is 6.42 Å². The number of esters is 2. The minimum Gasteiger partial charge on any atom is -0.465 e. The second-order valence-corrected chi connectivity index (χ2v) is 7.92. The molecule has 4 heteroatoms. The maximum absolute atomic E-state index is 12.7. The lowest BCUT2D eigenvalue weighted by Gasteiger charge is -2.19. The van der Waals surface area contributed by atoms with Crippen LogP contribution < -0.4 is 0 Å². The zero-order chi connectivity index (χ0) is 22.9. The van der Waals surface area contributed by atoms with Crippen molar-refractivity contribution >= 4 is 11.9 Å². The Morgan fingerprint density at radius 1 is 0.576 bits per heavy atom. The number of ether oxygens (including phenoxy) is 2. The molecule has 0 spiro atoms. The van der Waals surface area contributed by atoms with Crippen LogP contribution in [0.25, 0.3) is 33.4 Å². The van der Waals surface area contributed by atoms with Crippen LogP contribution in [0.3, 0.4) is 0 Å². The summed E-state index contributed by atoms with van der Waals surface area (Å²) in [6, 6.07) is 27.3. The molecule has 0 saturated carbocycles. The molecule has 0 unspecified atom stereocenters. The zero-order valence-electron chi connectivity index (χ0n) is 18.4. The molecule has 0 fully saturated rings. The molecule has 162 valence electrons. The molecule has 0 saturated heterocycles. The Kier molecular flexibility index (Phi) is 5.27. The molecular weight excluding hydrogens is 412 g/mol. The molecule has 0 N–H and O–H groups in total. The molecule has 4 aromatic carbocycles. The summed E-state index contributed by atoms with van der Waals surface area (Å²) in [5, 5.41) is 0. The summed E-state index contributed by atoms with van der Waals surface area (Å²) in [6.07, 6.45) is 0.741. The lowest BCUT2D eigenvalue weighted by Crippen LogP contribution is -2.07. The Labute approximate surface area is 192 Å². The summed E-state index contributed by atoms with van der Waals surface area (Å²) in [5.41, 5.74) is 9.01. The minimum absolute atomic E-state index is 0.397. The third kappa shape index (κ3) is 3.40. The standard InChI is InChI=1S/C29H22O4/c1-32-28(30)24-13-7-5-11-20(24)23-16-15-21-19-10-4-3-9-18(19)17-26(21)27(23)22-12-6-8-14-25(22)29(31)33-2/h3-16H,17H2,1-2H3. The van der Waals surface area contributed by atoms with Gasteiger partial charge in [-0.25, -0.2) is 9.59 Å². The van der Waals surface area contributed by atoms with Crippen LogP contribution >= 0.6 is 0 Å². The van der Waals surface area contributed by atoms with E-state index in [1.807, 2.05) is 54.6 Å². The van der Waals surface area contributed by atoms with Gasteiger partial charge in [-0.1, -0.05) is 72.8 Å².